The number of nitrogens with one attached hydrogen (secondary N) is 1. The van der Waals surface area contributed by atoms with Crippen LogP contribution >= 0.6 is 0 Å². The van der Waals surface area contributed by atoms with Crippen LogP contribution in [0.25, 0.3) is 0 Å². The monoisotopic (exact) mass is 251 g/mol. The molecule has 1 unspecified atom stereocenters. The van der Waals surface area contributed by atoms with Crippen LogP contribution in [0, 0.1) is 5.92 Å². The smallest absolute Gasteiger partial charge is 0.308 e. The normalized spacial score (nSPS) is 11.8. The predicted molar refractivity (Wildman–Crippen MR) is 66.2 cm³/mol. The molecule has 0 spiro atoms. The fourth-order valence-corrected chi connectivity index (χ4v) is 1.50. The van der Waals surface area contributed by atoms with Gasteiger partial charge in [-0.05, 0) is 24.1 Å². The number of phenols is 1. The number of phenolic OH excluding ortho intramolecular Hbond substituents is 1. The lowest BCUT2D eigenvalue weighted by Gasteiger charge is -2.11. The molecule has 1 amide bonds. The second-order valence-corrected chi connectivity index (χ2v) is 4.09. The third kappa shape index (κ3) is 4.45. The molecule has 3 N–H and O–H groups in total. The molecule has 5 nitrogen and oxygen atoms in total. The maximum atomic E-state index is 11.6. The van der Waals surface area contributed by atoms with Crippen LogP contribution in [-0.4, -0.2) is 28.6 Å². The summed E-state index contributed by atoms with van der Waals surface area (Å²) in [5.74, 6) is -1.52. The van der Waals surface area contributed by atoms with E-state index in [0.717, 1.165) is 5.56 Å². The van der Waals surface area contributed by atoms with E-state index in [1.165, 1.54) is 12.1 Å². The fourth-order valence-electron chi connectivity index (χ4n) is 1.50. The van der Waals surface area contributed by atoms with Gasteiger partial charge in [0.1, 0.15) is 5.75 Å². The largest absolute Gasteiger partial charge is 0.508 e. The third-order valence-corrected chi connectivity index (χ3v) is 2.69. The van der Waals surface area contributed by atoms with Crippen LogP contribution in [-0.2, 0) is 16.0 Å². The Morgan fingerprint density at radius 3 is 2.39 bits per heavy atom. The first-order valence-electron chi connectivity index (χ1n) is 5.80. The molecule has 1 aromatic carbocycles. The molecular weight excluding hydrogens is 234 g/mol. The van der Waals surface area contributed by atoms with Gasteiger partial charge in [-0.15, -0.1) is 0 Å². The van der Waals surface area contributed by atoms with Crippen molar-refractivity contribution in [3.05, 3.63) is 29.8 Å². The van der Waals surface area contributed by atoms with Gasteiger partial charge in [-0.2, -0.15) is 0 Å². The predicted octanol–water partition coefficient (Wildman–Crippen LogP) is 1.16. The van der Waals surface area contributed by atoms with Crippen molar-refractivity contribution in [3.8, 4) is 5.75 Å². The van der Waals surface area contributed by atoms with Crippen molar-refractivity contribution < 1.29 is 19.8 Å². The van der Waals surface area contributed by atoms with Gasteiger partial charge in [0.15, 0.2) is 0 Å². The van der Waals surface area contributed by atoms with Crippen molar-refractivity contribution >= 4 is 11.9 Å². The Kier molecular flexibility index (Phi) is 5.17. The lowest BCUT2D eigenvalue weighted by molar-refractivity contribution is -0.141. The van der Waals surface area contributed by atoms with Gasteiger partial charge in [-0.3, -0.25) is 9.59 Å². The molecule has 0 fully saturated rings. The summed E-state index contributed by atoms with van der Waals surface area (Å²) in [6.45, 7) is 1.91. The molecule has 98 valence electrons. The molecule has 0 radical (unpaired) electrons. The molecule has 0 aliphatic rings. The first kappa shape index (κ1) is 14.0. The van der Waals surface area contributed by atoms with Gasteiger partial charge in [0.25, 0.3) is 0 Å². The van der Waals surface area contributed by atoms with Crippen molar-refractivity contribution in [2.24, 2.45) is 5.92 Å². The van der Waals surface area contributed by atoms with Crippen LogP contribution < -0.4 is 5.32 Å². The van der Waals surface area contributed by atoms with Gasteiger partial charge in [0.2, 0.25) is 5.91 Å². The van der Waals surface area contributed by atoms with E-state index in [9.17, 15) is 9.59 Å². The topological polar surface area (TPSA) is 86.6 Å². The number of carboxylic acid groups (broad SMARTS) is 1. The lowest BCUT2D eigenvalue weighted by atomic mass is 10.1. The number of amides is 1. The van der Waals surface area contributed by atoms with E-state index in [4.69, 9.17) is 10.2 Å². The minimum atomic E-state index is -0.901. The van der Waals surface area contributed by atoms with Gasteiger partial charge in [-0.25, -0.2) is 0 Å². The average Bonchev–Trinajstić information content (AvgIpc) is 2.32. The molecule has 1 aromatic rings. The van der Waals surface area contributed by atoms with Crippen molar-refractivity contribution in [1.82, 2.24) is 5.32 Å². The number of aliphatic carboxylic acids is 1. The molecule has 0 aromatic heterocycles. The Hall–Kier alpha value is -2.04. The molecule has 0 aliphatic carbocycles. The van der Waals surface area contributed by atoms with Crippen molar-refractivity contribution in [3.63, 3.8) is 0 Å². The van der Waals surface area contributed by atoms with E-state index in [0.29, 0.717) is 6.42 Å². The molecule has 5 heteroatoms. The number of rotatable bonds is 6. The molecule has 0 heterocycles. The fraction of sp³-hybridized carbons (Fsp3) is 0.385. The Morgan fingerprint density at radius 1 is 1.28 bits per heavy atom. The van der Waals surface area contributed by atoms with E-state index in [1.807, 2.05) is 0 Å². The molecule has 0 bridgehead atoms. The van der Waals surface area contributed by atoms with Crippen LogP contribution in [0.15, 0.2) is 24.3 Å². The number of benzene rings is 1. The Bertz CT molecular complexity index is 414. The van der Waals surface area contributed by atoms with E-state index >= 15 is 0 Å². The van der Waals surface area contributed by atoms with Gasteiger partial charge in [0, 0.05) is 6.54 Å². The summed E-state index contributed by atoms with van der Waals surface area (Å²) in [4.78, 5) is 22.3. The number of aromatic hydroxyl groups is 1. The highest BCUT2D eigenvalue weighted by Gasteiger charge is 2.15. The third-order valence-electron chi connectivity index (χ3n) is 2.69. The van der Waals surface area contributed by atoms with Gasteiger partial charge in [0.05, 0.1) is 12.3 Å². The van der Waals surface area contributed by atoms with Crippen molar-refractivity contribution in [2.45, 2.75) is 19.8 Å². The summed E-state index contributed by atoms with van der Waals surface area (Å²) in [6, 6.07) is 6.33. The standard InChI is InChI=1S/C13H17NO4/c1-2-10(13(17)18)8-14-12(16)7-9-3-5-11(15)6-4-9/h3-6,10,15H,2,7-8H2,1H3,(H,14,16)(H,17,18). The summed E-state index contributed by atoms with van der Waals surface area (Å²) in [5, 5.41) is 20.5. The lowest BCUT2D eigenvalue weighted by Crippen LogP contribution is -2.33. The summed E-state index contributed by atoms with van der Waals surface area (Å²) in [7, 11) is 0. The molecule has 18 heavy (non-hydrogen) atoms. The molecule has 0 saturated heterocycles. The van der Waals surface area contributed by atoms with Crippen LogP contribution in [0.5, 0.6) is 5.75 Å². The highest BCUT2D eigenvalue weighted by Crippen LogP contribution is 2.10. The van der Waals surface area contributed by atoms with Gasteiger partial charge >= 0.3 is 5.97 Å². The molecule has 0 saturated carbocycles. The molecular formula is C13H17NO4. The van der Waals surface area contributed by atoms with Crippen LogP contribution in [0.1, 0.15) is 18.9 Å². The van der Waals surface area contributed by atoms with E-state index in [1.54, 1.807) is 19.1 Å². The zero-order valence-corrected chi connectivity index (χ0v) is 10.2. The second kappa shape index (κ2) is 6.64. The second-order valence-electron chi connectivity index (χ2n) is 4.09. The average molecular weight is 251 g/mol. The van der Waals surface area contributed by atoms with Gasteiger partial charge in [-0.1, -0.05) is 19.1 Å². The van der Waals surface area contributed by atoms with Gasteiger partial charge < -0.3 is 15.5 Å². The summed E-state index contributed by atoms with van der Waals surface area (Å²) in [6.07, 6.45) is 0.658. The summed E-state index contributed by atoms with van der Waals surface area (Å²) in [5.41, 5.74) is 0.772. The first-order valence-corrected chi connectivity index (χ1v) is 5.80. The van der Waals surface area contributed by atoms with Crippen molar-refractivity contribution in [1.29, 1.82) is 0 Å². The number of hydrogen-bond acceptors (Lipinski definition) is 3. The summed E-state index contributed by atoms with van der Waals surface area (Å²) < 4.78 is 0. The van der Waals surface area contributed by atoms with E-state index in [-0.39, 0.29) is 24.6 Å². The molecule has 0 aliphatic heterocycles. The quantitative estimate of drug-likeness (QED) is 0.708. The number of carbonyl (C=O) groups is 2. The van der Waals surface area contributed by atoms with Crippen molar-refractivity contribution in [2.75, 3.05) is 6.54 Å². The first-order chi connectivity index (χ1) is 8.52. The SMILES string of the molecule is CCC(CNC(=O)Cc1ccc(O)cc1)C(=O)O. The zero-order valence-electron chi connectivity index (χ0n) is 10.2. The Balaban J connectivity index is 2.42. The Labute approximate surface area is 105 Å². The maximum absolute atomic E-state index is 11.6. The minimum Gasteiger partial charge on any atom is -0.508 e. The zero-order chi connectivity index (χ0) is 13.5. The maximum Gasteiger partial charge on any atom is 0.308 e. The summed E-state index contributed by atoms with van der Waals surface area (Å²) >= 11 is 0. The Morgan fingerprint density at radius 2 is 1.89 bits per heavy atom. The van der Waals surface area contributed by atoms with E-state index in [2.05, 4.69) is 5.32 Å². The van der Waals surface area contributed by atoms with Crippen LogP contribution in [0.4, 0.5) is 0 Å². The highest BCUT2D eigenvalue weighted by molar-refractivity contribution is 5.79. The minimum absolute atomic E-state index is 0.142. The number of carboxylic acids is 1. The number of carbonyl (C=O) groups excluding carboxylic acids is 1. The van der Waals surface area contributed by atoms with E-state index < -0.39 is 11.9 Å². The number of hydrogen-bond donors (Lipinski definition) is 3. The molecule has 1 atom stereocenters. The molecule has 1 rings (SSSR count). The highest BCUT2D eigenvalue weighted by atomic mass is 16.4. The van der Waals surface area contributed by atoms with Crippen LogP contribution in [0.2, 0.25) is 0 Å². The van der Waals surface area contributed by atoms with Crippen LogP contribution in [0.3, 0.4) is 0 Å².